The molecule has 5 aromatic carbocycles. The largest absolute Gasteiger partial charge is 0.495 e. The van der Waals surface area contributed by atoms with E-state index in [1.807, 2.05) is 54.6 Å². The minimum atomic E-state index is -3.55. The van der Waals surface area contributed by atoms with Gasteiger partial charge in [0.15, 0.2) is 0 Å². The van der Waals surface area contributed by atoms with Gasteiger partial charge in [-0.2, -0.15) is 0 Å². The number of benzene rings is 5. The van der Waals surface area contributed by atoms with Crippen molar-refractivity contribution in [3.8, 4) is 28.3 Å². The molecule has 0 radical (unpaired) electrons. The van der Waals surface area contributed by atoms with E-state index >= 15 is 4.57 Å². The molecule has 0 N–H and O–H groups in total. The molecule has 0 fully saturated rings. The zero-order valence-corrected chi connectivity index (χ0v) is 26.7. The minimum absolute atomic E-state index is 0.0501. The first-order chi connectivity index (χ1) is 20.1. The monoisotopic (exact) mass is 635 g/mol. The van der Waals surface area contributed by atoms with Crippen LogP contribution in [0.4, 0.5) is 0 Å². The lowest BCUT2D eigenvalue weighted by Crippen LogP contribution is -2.27. The lowest BCUT2D eigenvalue weighted by atomic mass is 9.87. The highest BCUT2D eigenvalue weighted by Gasteiger charge is 2.40. The zero-order chi connectivity index (χ0) is 29.4. The quantitative estimate of drug-likeness (QED) is 0.182. The normalized spacial score (nSPS) is 16.2. The molecule has 6 aromatic rings. The number of ether oxygens (including phenoxy) is 1. The Morgan fingerprint density at radius 2 is 1.52 bits per heavy atom. The molecule has 1 unspecified atom stereocenters. The average molecular weight is 637 g/mol. The van der Waals surface area contributed by atoms with E-state index in [0.29, 0.717) is 22.1 Å². The van der Waals surface area contributed by atoms with Gasteiger partial charge in [-0.25, -0.2) is 0 Å². The van der Waals surface area contributed by atoms with Crippen molar-refractivity contribution in [3.63, 3.8) is 0 Å². The Kier molecular flexibility index (Phi) is 6.20. The number of nitrogens with zero attached hydrogens (tertiary/aromatic N) is 1. The topological polar surface area (TPSA) is 40.5 Å². The number of hydrogen-bond acceptors (Lipinski definition) is 3. The van der Waals surface area contributed by atoms with E-state index in [-0.39, 0.29) is 5.41 Å². The third-order valence-corrected chi connectivity index (χ3v) is 11.4. The molecular formula is C36H31BrNO3P. The number of fused-ring (bicyclic) bond motifs is 6. The number of aryl methyl sites for hydroxylation is 1. The SMILES string of the molecule is COc1cc(P2(=O)Oc3ccccc3-c3ccccc32)c(C)c2c3cc(Br)ccc3n(-c3ccc(C(C)(C)C)cc3)c12. The van der Waals surface area contributed by atoms with Crippen LogP contribution in [0.5, 0.6) is 11.5 Å². The summed E-state index contributed by atoms with van der Waals surface area (Å²) in [5, 5.41) is 3.40. The molecule has 0 amide bonds. The molecule has 210 valence electrons. The third-order valence-electron chi connectivity index (χ3n) is 8.34. The first-order valence-electron chi connectivity index (χ1n) is 14.0. The summed E-state index contributed by atoms with van der Waals surface area (Å²) in [5.74, 6) is 1.27. The van der Waals surface area contributed by atoms with Crippen LogP contribution < -0.4 is 19.9 Å². The number of para-hydroxylation sites is 1. The molecule has 6 heteroatoms. The van der Waals surface area contributed by atoms with Crippen molar-refractivity contribution in [2.75, 3.05) is 7.11 Å². The van der Waals surface area contributed by atoms with E-state index in [1.165, 1.54) is 5.56 Å². The van der Waals surface area contributed by atoms with Crippen molar-refractivity contribution in [1.29, 1.82) is 0 Å². The van der Waals surface area contributed by atoms with Crippen LogP contribution in [-0.4, -0.2) is 11.7 Å². The van der Waals surface area contributed by atoms with Crippen LogP contribution in [0.2, 0.25) is 0 Å². The number of rotatable bonds is 3. The maximum Gasteiger partial charge on any atom is 0.307 e. The Morgan fingerprint density at radius 1 is 0.833 bits per heavy atom. The standard InChI is InChI=1S/C36H31BrNO3P/c1-22-33(42(39)32-13-9-7-11-27(32)26-10-6-8-12-30(26)41-42)21-31(40-5)35-34(22)28-20-24(37)16-19-29(28)38(35)25-17-14-23(15-18-25)36(2,3)4/h6-21H,1-5H3. The molecule has 0 saturated carbocycles. The number of aromatic nitrogens is 1. The van der Waals surface area contributed by atoms with Crippen molar-refractivity contribution < 1.29 is 13.8 Å². The van der Waals surface area contributed by atoms with Crippen LogP contribution in [0.1, 0.15) is 31.9 Å². The Labute approximate surface area is 254 Å². The van der Waals surface area contributed by atoms with Crippen molar-refractivity contribution in [2.24, 2.45) is 0 Å². The van der Waals surface area contributed by atoms with Gasteiger partial charge in [0.1, 0.15) is 11.5 Å². The van der Waals surface area contributed by atoms with Gasteiger partial charge >= 0.3 is 7.37 Å². The number of halogens is 1. The van der Waals surface area contributed by atoms with Crippen LogP contribution in [-0.2, 0) is 9.98 Å². The van der Waals surface area contributed by atoms with Gasteiger partial charge in [-0.15, -0.1) is 0 Å². The second-order valence-corrected chi connectivity index (χ2v) is 15.1. The summed E-state index contributed by atoms with van der Waals surface area (Å²) < 4.78 is 31.1. The molecule has 0 spiro atoms. The van der Waals surface area contributed by atoms with Crippen molar-refractivity contribution >= 4 is 55.7 Å². The first-order valence-corrected chi connectivity index (χ1v) is 16.4. The fourth-order valence-electron chi connectivity index (χ4n) is 6.24. The maximum atomic E-state index is 15.3. The van der Waals surface area contributed by atoms with E-state index in [0.717, 1.165) is 48.7 Å². The minimum Gasteiger partial charge on any atom is -0.495 e. The Hall–Kier alpha value is -3.79. The molecule has 4 nitrogen and oxygen atoms in total. The molecule has 0 aliphatic carbocycles. The van der Waals surface area contributed by atoms with E-state index in [4.69, 9.17) is 9.26 Å². The molecule has 0 saturated heterocycles. The van der Waals surface area contributed by atoms with Gasteiger partial charge in [0.25, 0.3) is 0 Å². The summed E-state index contributed by atoms with van der Waals surface area (Å²) in [6, 6.07) is 32.7. The van der Waals surface area contributed by atoms with E-state index in [1.54, 1.807) is 7.11 Å². The van der Waals surface area contributed by atoms with Gasteiger partial charge in [-0.1, -0.05) is 85.2 Å². The molecule has 1 aliphatic heterocycles. The van der Waals surface area contributed by atoms with Gasteiger partial charge in [0, 0.05) is 26.5 Å². The predicted octanol–water partition coefficient (Wildman–Crippen LogP) is 9.45. The second kappa shape index (κ2) is 9.62. The smallest absolute Gasteiger partial charge is 0.307 e. The fourth-order valence-corrected chi connectivity index (χ4v) is 9.13. The van der Waals surface area contributed by atoms with Gasteiger partial charge in [-0.05, 0) is 77.6 Å². The highest BCUT2D eigenvalue weighted by molar-refractivity contribution is 9.10. The number of methoxy groups -OCH3 is 1. The Bertz CT molecular complexity index is 2090. The maximum absolute atomic E-state index is 15.3. The molecular weight excluding hydrogens is 605 g/mol. The number of hydrogen-bond donors (Lipinski definition) is 0. The molecule has 1 atom stereocenters. The molecule has 42 heavy (non-hydrogen) atoms. The van der Waals surface area contributed by atoms with Crippen molar-refractivity contribution in [2.45, 2.75) is 33.1 Å². The average Bonchev–Trinajstić information content (AvgIpc) is 3.32. The molecule has 7 rings (SSSR count). The lowest BCUT2D eigenvalue weighted by molar-refractivity contribution is 0.418. The molecule has 0 bridgehead atoms. The summed E-state index contributed by atoms with van der Waals surface area (Å²) in [5.41, 5.74) is 7.14. The van der Waals surface area contributed by atoms with E-state index in [2.05, 4.69) is 90.7 Å². The van der Waals surface area contributed by atoms with Gasteiger partial charge in [0.05, 0.1) is 28.8 Å². The second-order valence-electron chi connectivity index (χ2n) is 11.9. The zero-order valence-electron chi connectivity index (χ0n) is 24.2. The predicted molar refractivity (Wildman–Crippen MR) is 178 cm³/mol. The first kappa shape index (κ1) is 27.1. The molecule has 1 aliphatic rings. The van der Waals surface area contributed by atoms with Crippen LogP contribution in [0.25, 0.3) is 38.6 Å². The summed E-state index contributed by atoms with van der Waals surface area (Å²) in [6.07, 6.45) is 0. The molecule has 1 aromatic heterocycles. The van der Waals surface area contributed by atoms with Gasteiger partial charge in [-0.3, -0.25) is 4.57 Å². The summed E-state index contributed by atoms with van der Waals surface area (Å²) >= 11 is 3.70. The summed E-state index contributed by atoms with van der Waals surface area (Å²) in [6.45, 7) is 8.72. The van der Waals surface area contributed by atoms with E-state index in [9.17, 15) is 0 Å². The third kappa shape index (κ3) is 3.98. The van der Waals surface area contributed by atoms with E-state index < -0.39 is 7.37 Å². The fraction of sp³-hybridized carbons (Fsp3) is 0.167. The Balaban J connectivity index is 1.56. The van der Waals surface area contributed by atoms with Gasteiger partial charge in [0.2, 0.25) is 0 Å². The lowest BCUT2D eigenvalue weighted by Gasteiger charge is -2.30. The van der Waals surface area contributed by atoms with Crippen molar-refractivity contribution in [1.82, 2.24) is 4.57 Å². The van der Waals surface area contributed by atoms with Crippen LogP contribution in [0, 0.1) is 6.92 Å². The van der Waals surface area contributed by atoms with Crippen molar-refractivity contribution in [3.05, 3.63) is 113 Å². The molecule has 2 heterocycles. The van der Waals surface area contributed by atoms with Gasteiger partial charge < -0.3 is 13.8 Å². The highest BCUT2D eigenvalue weighted by Crippen LogP contribution is 2.56. The Morgan fingerprint density at radius 3 is 2.24 bits per heavy atom. The van der Waals surface area contributed by atoms with Crippen LogP contribution in [0.15, 0.2) is 102 Å². The van der Waals surface area contributed by atoms with Crippen LogP contribution >= 0.6 is 23.3 Å². The van der Waals surface area contributed by atoms with Crippen LogP contribution in [0.3, 0.4) is 0 Å². The highest BCUT2D eigenvalue weighted by atomic mass is 79.9. The summed E-state index contributed by atoms with van der Waals surface area (Å²) in [7, 11) is -1.87. The summed E-state index contributed by atoms with van der Waals surface area (Å²) in [4.78, 5) is 0.